The average molecular weight is 317 g/mol. The minimum absolute atomic E-state index is 0.000752. The Morgan fingerprint density at radius 1 is 1.00 bits per heavy atom. The Bertz CT molecular complexity index is 932. The maximum atomic E-state index is 10.2. The minimum atomic E-state index is -0.0469. The van der Waals surface area contributed by atoms with Gasteiger partial charge in [0.1, 0.15) is 23.2 Å². The van der Waals surface area contributed by atoms with Crippen molar-refractivity contribution in [2.45, 2.75) is 6.42 Å². The van der Waals surface area contributed by atoms with Crippen LogP contribution in [0.2, 0.25) is 0 Å². The number of rotatable bonds is 3. The van der Waals surface area contributed by atoms with Gasteiger partial charge in [0.2, 0.25) is 5.95 Å². The van der Waals surface area contributed by atoms with E-state index in [-0.39, 0.29) is 28.8 Å². The lowest BCUT2D eigenvalue weighted by atomic mass is 9.99. The van der Waals surface area contributed by atoms with Crippen LogP contribution < -0.4 is 11.5 Å². The molecule has 0 saturated carbocycles. The van der Waals surface area contributed by atoms with E-state index in [1.165, 1.54) is 0 Å². The van der Waals surface area contributed by atoms with Crippen molar-refractivity contribution < 1.29 is 5.11 Å². The number of nitrogen functional groups attached to an aromatic ring is 2. The summed E-state index contributed by atoms with van der Waals surface area (Å²) in [5.74, 6) is -0.0527. The topological polar surface area (TPSA) is 122 Å². The Morgan fingerprint density at radius 3 is 2.46 bits per heavy atom. The van der Waals surface area contributed by atoms with Gasteiger partial charge in [-0.2, -0.15) is 10.2 Å². The minimum Gasteiger partial charge on any atom is -0.507 e. The number of phenolic OH excluding ortho intramolecular Hbond substituents is 1. The van der Waals surface area contributed by atoms with Crippen molar-refractivity contribution >= 4 is 11.8 Å². The van der Waals surface area contributed by atoms with Gasteiger partial charge in [-0.25, -0.2) is 4.98 Å². The summed E-state index contributed by atoms with van der Waals surface area (Å²) in [6.45, 7) is 0. The van der Waals surface area contributed by atoms with Crippen LogP contribution in [-0.4, -0.2) is 15.1 Å². The highest BCUT2D eigenvalue weighted by Gasteiger charge is 2.16. The van der Waals surface area contributed by atoms with Crippen LogP contribution in [0.4, 0.5) is 11.8 Å². The van der Waals surface area contributed by atoms with Crippen molar-refractivity contribution in [1.29, 1.82) is 5.26 Å². The van der Waals surface area contributed by atoms with Crippen LogP contribution in [0.25, 0.3) is 11.3 Å². The lowest BCUT2D eigenvalue weighted by Crippen LogP contribution is -2.05. The normalized spacial score (nSPS) is 10.3. The Kier molecular flexibility index (Phi) is 4.00. The first-order valence-electron chi connectivity index (χ1n) is 7.27. The molecule has 5 N–H and O–H groups in total. The highest BCUT2D eigenvalue weighted by Crippen LogP contribution is 2.33. The predicted octanol–water partition coefficient (Wildman–Crippen LogP) is 2.48. The summed E-state index contributed by atoms with van der Waals surface area (Å²) in [5, 5.41) is 19.5. The summed E-state index contributed by atoms with van der Waals surface area (Å²) >= 11 is 0. The molecule has 0 spiro atoms. The largest absolute Gasteiger partial charge is 0.507 e. The quantitative estimate of drug-likeness (QED) is 0.682. The van der Waals surface area contributed by atoms with E-state index < -0.39 is 0 Å². The lowest BCUT2D eigenvalue weighted by molar-refractivity contribution is 0.477. The summed E-state index contributed by atoms with van der Waals surface area (Å²) in [6, 6.07) is 17.1. The highest BCUT2D eigenvalue weighted by molar-refractivity contribution is 5.77. The third-order valence-electron chi connectivity index (χ3n) is 3.63. The number of hydrogen-bond acceptors (Lipinski definition) is 6. The summed E-state index contributed by atoms with van der Waals surface area (Å²) in [5.41, 5.74) is 14.2. The van der Waals surface area contributed by atoms with Gasteiger partial charge in [-0.05, 0) is 29.7 Å². The molecule has 0 saturated heterocycles. The number of aromatic nitrogens is 2. The summed E-state index contributed by atoms with van der Waals surface area (Å²) in [4.78, 5) is 7.88. The summed E-state index contributed by atoms with van der Waals surface area (Å²) in [6.07, 6.45) is 0.687. The summed E-state index contributed by atoms with van der Waals surface area (Å²) < 4.78 is 0. The van der Waals surface area contributed by atoms with E-state index in [2.05, 4.69) is 9.97 Å². The lowest BCUT2D eigenvalue weighted by Gasteiger charge is -2.10. The maximum Gasteiger partial charge on any atom is 0.222 e. The van der Waals surface area contributed by atoms with E-state index in [9.17, 15) is 10.4 Å². The van der Waals surface area contributed by atoms with E-state index in [1.54, 1.807) is 12.1 Å². The van der Waals surface area contributed by atoms with E-state index in [1.807, 2.05) is 42.5 Å². The maximum absolute atomic E-state index is 10.2. The second-order valence-corrected chi connectivity index (χ2v) is 5.32. The zero-order valence-electron chi connectivity index (χ0n) is 12.8. The van der Waals surface area contributed by atoms with Crippen molar-refractivity contribution in [3.63, 3.8) is 0 Å². The Balaban J connectivity index is 2.09. The second kappa shape index (κ2) is 6.26. The van der Waals surface area contributed by atoms with Gasteiger partial charge in [0, 0.05) is 5.56 Å². The number of nitriles is 1. The molecule has 1 heterocycles. The van der Waals surface area contributed by atoms with Gasteiger partial charge in [0.05, 0.1) is 5.69 Å². The zero-order chi connectivity index (χ0) is 17.1. The SMILES string of the molecule is N#Cc1c(N)nc(N)nc1-c1cc(Cc2ccccc2)ccc1O. The molecule has 0 amide bonds. The average Bonchev–Trinajstić information content (AvgIpc) is 2.57. The van der Waals surface area contributed by atoms with Gasteiger partial charge in [-0.3, -0.25) is 0 Å². The molecule has 0 aliphatic rings. The first-order valence-corrected chi connectivity index (χ1v) is 7.27. The van der Waals surface area contributed by atoms with Crippen molar-refractivity contribution in [3.05, 3.63) is 65.2 Å². The second-order valence-electron chi connectivity index (χ2n) is 5.32. The Morgan fingerprint density at radius 2 is 1.75 bits per heavy atom. The monoisotopic (exact) mass is 317 g/mol. The number of nitrogens with zero attached hydrogens (tertiary/aromatic N) is 3. The van der Waals surface area contributed by atoms with Crippen LogP contribution in [-0.2, 0) is 6.42 Å². The van der Waals surface area contributed by atoms with E-state index in [0.717, 1.165) is 11.1 Å². The van der Waals surface area contributed by atoms with Gasteiger partial charge in [0.15, 0.2) is 0 Å². The molecule has 0 fully saturated rings. The van der Waals surface area contributed by atoms with Crippen molar-refractivity contribution in [3.8, 4) is 23.1 Å². The fourth-order valence-electron chi connectivity index (χ4n) is 2.52. The van der Waals surface area contributed by atoms with E-state index in [0.29, 0.717) is 12.0 Å². The summed E-state index contributed by atoms with van der Waals surface area (Å²) in [7, 11) is 0. The van der Waals surface area contributed by atoms with Crippen LogP contribution in [0, 0.1) is 11.3 Å². The third-order valence-corrected chi connectivity index (χ3v) is 3.63. The molecule has 1 aromatic heterocycles. The predicted molar refractivity (Wildman–Crippen MR) is 91.9 cm³/mol. The van der Waals surface area contributed by atoms with Crippen LogP contribution in [0.3, 0.4) is 0 Å². The third kappa shape index (κ3) is 2.96. The molecule has 24 heavy (non-hydrogen) atoms. The smallest absolute Gasteiger partial charge is 0.222 e. The molecule has 3 aromatic rings. The molecule has 2 aromatic carbocycles. The van der Waals surface area contributed by atoms with Crippen molar-refractivity contribution in [1.82, 2.24) is 9.97 Å². The standard InChI is InChI=1S/C18H15N5O/c19-10-14-16(22-18(21)23-17(14)20)13-9-12(6-7-15(13)24)8-11-4-2-1-3-5-11/h1-7,9,24H,8H2,(H4,20,21,22,23). The molecular weight excluding hydrogens is 302 g/mol. The molecule has 0 atom stereocenters. The van der Waals surface area contributed by atoms with Crippen molar-refractivity contribution in [2.24, 2.45) is 0 Å². The number of aromatic hydroxyl groups is 1. The fourth-order valence-corrected chi connectivity index (χ4v) is 2.52. The molecule has 0 aliphatic heterocycles. The molecule has 0 bridgehead atoms. The van der Waals surface area contributed by atoms with Crippen LogP contribution >= 0.6 is 0 Å². The van der Waals surface area contributed by atoms with Gasteiger partial charge in [-0.15, -0.1) is 0 Å². The number of phenols is 1. The molecule has 118 valence electrons. The zero-order valence-corrected chi connectivity index (χ0v) is 12.8. The highest BCUT2D eigenvalue weighted by atomic mass is 16.3. The van der Waals surface area contributed by atoms with Crippen LogP contribution in [0.5, 0.6) is 5.75 Å². The van der Waals surface area contributed by atoms with Crippen LogP contribution in [0.15, 0.2) is 48.5 Å². The van der Waals surface area contributed by atoms with Crippen molar-refractivity contribution in [2.75, 3.05) is 11.5 Å². The van der Waals surface area contributed by atoms with Gasteiger partial charge in [-0.1, -0.05) is 36.4 Å². The first-order chi connectivity index (χ1) is 11.6. The number of hydrogen-bond donors (Lipinski definition) is 3. The van der Waals surface area contributed by atoms with Gasteiger partial charge < -0.3 is 16.6 Å². The Hall–Kier alpha value is -3.59. The van der Waals surface area contributed by atoms with E-state index in [4.69, 9.17) is 11.5 Å². The van der Waals surface area contributed by atoms with Gasteiger partial charge >= 0.3 is 0 Å². The Labute approximate surface area is 139 Å². The van der Waals surface area contributed by atoms with E-state index >= 15 is 0 Å². The molecule has 0 aliphatic carbocycles. The molecule has 6 nitrogen and oxygen atoms in total. The molecular formula is C18H15N5O. The molecule has 6 heteroatoms. The number of benzene rings is 2. The number of anilines is 2. The van der Waals surface area contributed by atoms with Crippen LogP contribution in [0.1, 0.15) is 16.7 Å². The first kappa shape index (κ1) is 15.3. The fraction of sp³-hybridized carbons (Fsp3) is 0.0556. The molecule has 3 rings (SSSR count). The van der Waals surface area contributed by atoms with Gasteiger partial charge in [0.25, 0.3) is 0 Å². The number of nitrogens with two attached hydrogens (primary N) is 2. The molecule has 0 unspecified atom stereocenters. The molecule has 0 radical (unpaired) electrons.